The third-order valence-electron chi connectivity index (χ3n) is 4.17. The lowest BCUT2D eigenvalue weighted by Crippen LogP contribution is -2.57. The molecule has 33 heavy (non-hydrogen) atoms. The summed E-state index contributed by atoms with van der Waals surface area (Å²) in [6, 6.07) is 6.23. The highest BCUT2D eigenvalue weighted by molar-refractivity contribution is 8.13. The molecule has 0 saturated carbocycles. The van der Waals surface area contributed by atoms with E-state index in [-0.39, 0.29) is 0 Å². The predicted octanol–water partition coefficient (Wildman–Crippen LogP) is 2.96. The molecular formula is C15H24F6N2O7S2Si. The van der Waals surface area contributed by atoms with Crippen LogP contribution >= 0.6 is 0 Å². The third-order valence-corrected chi connectivity index (χ3v) is 9.51. The van der Waals surface area contributed by atoms with E-state index >= 15 is 0 Å². The monoisotopic (exact) mass is 550 g/mol. The normalized spacial score (nSPS) is 14.4. The number of hydrogen-bond acceptors (Lipinski definition) is 7. The summed E-state index contributed by atoms with van der Waals surface area (Å²) in [5, 5.41) is 0. The molecule has 0 aliphatic rings. The van der Waals surface area contributed by atoms with E-state index in [9.17, 15) is 43.2 Å². The summed E-state index contributed by atoms with van der Waals surface area (Å²) >= 11 is 0. The second-order valence-electron chi connectivity index (χ2n) is 6.27. The largest absolute Gasteiger partial charge is 0.569 e. The Morgan fingerprint density at radius 1 is 0.939 bits per heavy atom. The van der Waals surface area contributed by atoms with Gasteiger partial charge in [-0.1, -0.05) is 19.9 Å². The van der Waals surface area contributed by atoms with Crippen LogP contribution in [-0.4, -0.2) is 58.0 Å². The molecule has 1 heterocycles. The van der Waals surface area contributed by atoms with Crippen LogP contribution < -0.4 is 4.57 Å². The van der Waals surface area contributed by atoms with E-state index in [4.69, 9.17) is 13.3 Å². The van der Waals surface area contributed by atoms with Gasteiger partial charge in [0, 0.05) is 39.4 Å². The van der Waals surface area contributed by atoms with Crippen molar-refractivity contribution >= 4 is 28.9 Å². The lowest BCUT2D eigenvalue weighted by Gasteiger charge is -2.22. The Labute approximate surface area is 189 Å². The molecule has 0 amide bonds. The van der Waals surface area contributed by atoms with Crippen LogP contribution in [0.4, 0.5) is 26.3 Å². The Balaban J connectivity index is 0.000000633. The fourth-order valence-electron chi connectivity index (χ4n) is 2.16. The van der Waals surface area contributed by atoms with Crippen LogP contribution in [0.25, 0.3) is 4.13 Å². The Morgan fingerprint density at radius 3 is 1.70 bits per heavy atom. The van der Waals surface area contributed by atoms with Crippen LogP contribution in [0.2, 0.25) is 0 Å². The molecule has 194 valence electrons. The van der Waals surface area contributed by atoms with Gasteiger partial charge in [-0.15, -0.1) is 0 Å². The van der Waals surface area contributed by atoms with Crippen molar-refractivity contribution < 1.29 is 61.0 Å². The van der Waals surface area contributed by atoms with Gasteiger partial charge in [-0.25, -0.2) is 16.8 Å². The number of nitrogens with zero attached hydrogens (tertiary/aromatic N) is 2. The summed E-state index contributed by atoms with van der Waals surface area (Å²) < 4.78 is 128. The Morgan fingerprint density at radius 2 is 1.36 bits per heavy atom. The molecule has 0 aliphatic carbocycles. The summed E-state index contributed by atoms with van der Waals surface area (Å²) in [5.41, 5.74) is -11.1. The molecule has 18 heteroatoms. The molecule has 1 rings (SSSR count). The van der Waals surface area contributed by atoms with Gasteiger partial charge in [-0.3, -0.25) is 0 Å². The zero-order valence-corrected chi connectivity index (χ0v) is 20.8. The van der Waals surface area contributed by atoms with E-state index in [1.807, 2.05) is 6.07 Å². The molecule has 1 aromatic heterocycles. The van der Waals surface area contributed by atoms with Gasteiger partial charge in [0.05, 0.1) is 0 Å². The summed E-state index contributed by atoms with van der Waals surface area (Å²) in [6.45, 7) is 4.41. The fraction of sp³-hybridized carbons (Fsp3) is 0.667. The van der Waals surface area contributed by atoms with Crippen LogP contribution in [-0.2, 0) is 39.5 Å². The molecule has 0 radical (unpaired) electrons. The smallest absolute Gasteiger partial charge is 0.421 e. The molecule has 1 atom stereocenters. The van der Waals surface area contributed by atoms with Gasteiger partial charge in [-0.05, 0) is 6.42 Å². The number of aromatic nitrogens is 1. The van der Waals surface area contributed by atoms with Crippen molar-refractivity contribution in [2.45, 2.75) is 43.4 Å². The molecule has 0 saturated heterocycles. The van der Waals surface area contributed by atoms with Crippen molar-refractivity contribution in [1.82, 2.24) is 0 Å². The van der Waals surface area contributed by atoms with Gasteiger partial charge < -0.3 is 17.4 Å². The SMILES string of the molecule is CCC(C)c1cccc[n+]1C[Si](OC)(OC)OC.O=S(=O)([N-]S(=O)(=O)C(F)(F)F)C(F)(F)F. The maximum Gasteiger partial charge on any atom is 0.569 e. The molecule has 0 spiro atoms. The van der Waals surface area contributed by atoms with Gasteiger partial charge in [0.25, 0.3) is 0 Å². The van der Waals surface area contributed by atoms with E-state index < -0.39 is 39.9 Å². The molecule has 9 nitrogen and oxygen atoms in total. The van der Waals surface area contributed by atoms with Crippen LogP contribution in [0.5, 0.6) is 0 Å². The first-order valence-corrected chi connectivity index (χ1v) is 13.6. The van der Waals surface area contributed by atoms with Crippen molar-refractivity contribution in [3.8, 4) is 0 Å². The minimum atomic E-state index is -6.72. The predicted molar refractivity (Wildman–Crippen MR) is 105 cm³/mol. The molecule has 0 aliphatic heterocycles. The molecule has 0 aromatic carbocycles. The van der Waals surface area contributed by atoms with Crippen molar-refractivity contribution in [2.75, 3.05) is 21.3 Å². The summed E-state index contributed by atoms with van der Waals surface area (Å²) in [4.78, 5) is 0. The highest BCUT2D eigenvalue weighted by Gasteiger charge is 2.47. The molecule has 1 aromatic rings. The maximum atomic E-state index is 11.4. The van der Waals surface area contributed by atoms with Crippen LogP contribution in [0.15, 0.2) is 24.4 Å². The summed E-state index contributed by atoms with van der Waals surface area (Å²) in [5.74, 6) is 0.503. The molecule has 1 unspecified atom stereocenters. The number of hydrogen-bond donors (Lipinski definition) is 0. The maximum absolute atomic E-state index is 11.4. The zero-order valence-electron chi connectivity index (χ0n) is 18.1. The van der Waals surface area contributed by atoms with Gasteiger partial charge in [-0.2, -0.15) is 30.9 Å². The first-order chi connectivity index (χ1) is 14.8. The minimum Gasteiger partial charge on any atom is -0.421 e. The average Bonchev–Trinajstić information content (AvgIpc) is 2.70. The van der Waals surface area contributed by atoms with Crippen molar-refractivity contribution in [2.24, 2.45) is 0 Å². The van der Waals surface area contributed by atoms with Gasteiger partial charge in [0.1, 0.15) is 0 Å². The first-order valence-electron chi connectivity index (χ1n) is 8.83. The molecule has 0 fully saturated rings. The summed E-state index contributed by atoms with van der Waals surface area (Å²) in [7, 11) is -11.1. The van der Waals surface area contributed by atoms with E-state index in [0.29, 0.717) is 12.1 Å². The highest BCUT2D eigenvalue weighted by Crippen LogP contribution is 2.36. The molecular weight excluding hydrogens is 526 g/mol. The van der Waals surface area contributed by atoms with E-state index in [2.05, 4.69) is 36.7 Å². The Bertz CT molecular complexity index is 917. The van der Waals surface area contributed by atoms with Crippen LogP contribution in [0, 0.1) is 0 Å². The highest BCUT2D eigenvalue weighted by atomic mass is 32.3. The van der Waals surface area contributed by atoms with Crippen LogP contribution in [0.3, 0.4) is 0 Å². The molecule has 0 bridgehead atoms. The lowest BCUT2D eigenvalue weighted by atomic mass is 10.0. The zero-order chi connectivity index (χ0) is 26.3. The topological polar surface area (TPSA) is 114 Å². The number of sulfonamides is 2. The average molecular weight is 551 g/mol. The Hall–Kier alpha value is -1.31. The second-order valence-corrected chi connectivity index (χ2v) is 12.6. The number of pyridine rings is 1. The molecule has 0 N–H and O–H groups in total. The quantitative estimate of drug-likeness (QED) is 0.264. The Kier molecular flexibility index (Phi) is 11.4. The first kappa shape index (κ1) is 31.7. The van der Waals surface area contributed by atoms with Crippen molar-refractivity contribution in [3.63, 3.8) is 0 Å². The third kappa shape index (κ3) is 8.76. The van der Waals surface area contributed by atoms with E-state index in [0.717, 1.165) is 10.5 Å². The number of alkyl halides is 6. The van der Waals surface area contributed by atoms with Gasteiger partial charge in [0.2, 0.25) is 6.17 Å². The second kappa shape index (κ2) is 11.9. The fourth-order valence-corrected chi connectivity index (χ4v) is 5.46. The van der Waals surface area contributed by atoms with Gasteiger partial charge >= 0.3 is 19.8 Å². The minimum absolute atomic E-state index is 0.503. The van der Waals surface area contributed by atoms with Crippen molar-refractivity contribution in [3.05, 3.63) is 34.2 Å². The van der Waals surface area contributed by atoms with E-state index in [1.54, 1.807) is 21.3 Å². The van der Waals surface area contributed by atoms with E-state index in [1.165, 1.54) is 5.69 Å². The van der Waals surface area contributed by atoms with Crippen LogP contribution in [0.1, 0.15) is 31.9 Å². The summed E-state index contributed by atoms with van der Waals surface area (Å²) in [6.07, 6.45) is 3.79. The van der Waals surface area contributed by atoms with Gasteiger partial charge in [0.15, 0.2) is 31.9 Å². The van der Waals surface area contributed by atoms with Crippen molar-refractivity contribution in [1.29, 1.82) is 0 Å². The lowest BCUT2D eigenvalue weighted by molar-refractivity contribution is -0.693. The number of rotatable bonds is 9. The number of halogens is 6. The standard InChI is InChI=1S/C13H24NO3Si.C2F6NO4S2/c1-6-12(2)13-9-7-8-10-14(13)11-18(15-3,16-4)17-5;3-1(4,5)14(10,11)9-15(12,13)2(6,7)8/h7-10,12H,6,11H2,1-5H3;/q+1;-1.